The number of nitrogens with two attached hydrogens (primary N) is 1. The molecule has 14 heavy (non-hydrogen) atoms. The third-order valence-electron chi connectivity index (χ3n) is 2.47. The molecule has 0 aliphatic carbocycles. The van der Waals surface area contributed by atoms with Crippen molar-refractivity contribution < 1.29 is 4.74 Å². The Labute approximate surface area is 89.2 Å². The second-order valence-electron chi connectivity index (χ2n) is 3.93. The van der Waals surface area contributed by atoms with Gasteiger partial charge in [0.1, 0.15) is 0 Å². The van der Waals surface area contributed by atoms with Crippen molar-refractivity contribution in [2.45, 2.75) is 64.9 Å². The van der Waals surface area contributed by atoms with Crippen molar-refractivity contribution in [3.8, 4) is 0 Å². The minimum absolute atomic E-state index is 0.297. The van der Waals surface area contributed by atoms with Gasteiger partial charge in [0.25, 0.3) is 0 Å². The molecule has 0 aromatic rings. The molecule has 1 unspecified atom stereocenters. The molecule has 0 amide bonds. The van der Waals surface area contributed by atoms with E-state index in [2.05, 4.69) is 13.8 Å². The van der Waals surface area contributed by atoms with Gasteiger partial charge < -0.3 is 10.5 Å². The number of rotatable bonds is 10. The van der Waals surface area contributed by atoms with Crippen LogP contribution in [0, 0.1) is 0 Å². The van der Waals surface area contributed by atoms with E-state index in [-0.39, 0.29) is 0 Å². The van der Waals surface area contributed by atoms with Crippen LogP contribution in [-0.4, -0.2) is 19.3 Å². The summed E-state index contributed by atoms with van der Waals surface area (Å²) in [5, 5.41) is 0. The molecule has 0 bridgehead atoms. The predicted octanol–water partition coefficient (Wildman–Crippen LogP) is 3.10. The Hall–Kier alpha value is -0.0800. The predicted molar refractivity (Wildman–Crippen MR) is 62.5 cm³/mol. The van der Waals surface area contributed by atoms with Crippen LogP contribution in [0.3, 0.4) is 0 Å². The summed E-state index contributed by atoms with van der Waals surface area (Å²) in [6.45, 7) is 5.98. The zero-order valence-corrected chi connectivity index (χ0v) is 9.93. The number of hydrogen-bond acceptors (Lipinski definition) is 2. The molecule has 86 valence electrons. The van der Waals surface area contributed by atoms with E-state index in [4.69, 9.17) is 10.5 Å². The van der Waals surface area contributed by atoms with Crippen molar-refractivity contribution in [1.29, 1.82) is 0 Å². The lowest BCUT2D eigenvalue weighted by Gasteiger charge is -2.14. The molecule has 2 N–H and O–H groups in total. The van der Waals surface area contributed by atoms with Gasteiger partial charge in [0.05, 0.1) is 6.10 Å². The van der Waals surface area contributed by atoms with Crippen LogP contribution in [0.2, 0.25) is 0 Å². The van der Waals surface area contributed by atoms with Gasteiger partial charge in [-0.1, -0.05) is 46.0 Å². The van der Waals surface area contributed by atoms with Gasteiger partial charge in [0.15, 0.2) is 0 Å². The number of unbranched alkanes of at least 4 members (excludes halogenated alkanes) is 4. The van der Waals surface area contributed by atoms with Gasteiger partial charge >= 0.3 is 0 Å². The quantitative estimate of drug-likeness (QED) is 0.551. The molecule has 2 heteroatoms. The van der Waals surface area contributed by atoms with Crippen LogP contribution in [0.4, 0.5) is 0 Å². The maximum atomic E-state index is 5.69. The highest BCUT2D eigenvalue weighted by Crippen LogP contribution is 2.05. The second-order valence-corrected chi connectivity index (χ2v) is 3.93. The van der Waals surface area contributed by atoms with E-state index in [9.17, 15) is 0 Å². The fraction of sp³-hybridized carbons (Fsp3) is 1.00. The molecular formula is C12H27NO. The van der Waals surface area contributed by atoms with Crippen LogP contribution in [0.15, 0.2) is 0 Å². The van der Waals surface area contributed by atoms with E-state index in [1.165, 1.54) is 32.1 Å². The molecule has 0 saturated heterocycles. The van der Waals surface area contributed by atoms with E-state index >= 15 is 0 Å². The SMILES string of the molecule is CCCCCCCOC(CN)CCC. The highest BCUT2D eigenvalue weighted by molar-refractivity contribution is 4.57. The monoisotopic (exact) mass is 201 g/mol. The summed E-state index contributed by atoms with van der Waals surface area (Å²) in [5.41, 5.74) is 5.60. The number of ether oxygens (including phenoxy) is 1. The Morgan fingerprint density at radius 3 is 2.29 bits per heavy atom. The van der Waals surface area contributed by atoms with Crippen molar-refractivity contribution in [3.63, 3.8) is 0 Å². The fourth-order valence-corrected chi connectivity index (χ4v) is 1.55. The third kappa shape index (κ3) is 8.52. The van der Waals surface area contributed by atoms with Crippen molar-refractivity contribution >= 4 is 0 Å². The fourth-order valence-electron chi connectivity index (χ4n) is 1.55. The molecule has 0 heterocycles. The Morgan fingerprint density at radius 2 is 1.71 bits per heavy atom. The molecule has 0 aliphatic rings. The van der Waals surface area contributed by atoms with Crippen LogP contribution in [0.1, 0.15) is 58.8 Å². The topological polar surface area (TPSA) is 35.2 Å². The molecule has 0 spiro atoms. The second kappa shape index (κ2) is 11.0. The highest BCUT2D eigenvalue weighted by Gasteiger charge is 2.04. The molecule has 0 aliphatic heterocycles. The van der Waals surface area contributed by atoms with Crippen LogP contribution in [0.5, 0.6) is 0 Å². The van der Waals surface area contributed by atoms with Gasteiger partial charge in [0, 0.05) is 13.2 Å². The van der Waals surface area contributed by atoms with Crippen molar-refractivity contribution in [2.24, 2.45) is 5.73 Å². The first-order chi connectivity index (χ1) is 6.85. The van der Waals surface area contributed by atoms with Crippen molar-refractivity contribution in [2.75, 3.05) is 13.2 Å². The summed E-state index contributed by atoms with van der Waals surface area (Å²) in [5.74, 6) is 0. The summed E-state index contributed by atoms with van der Waals surface area (Å²) in [6, 6.07) is 0. The van der Waals surface area contributed by atoms with Crippen LogP contribution in [-0.2, 0) is 4.74 Å². The lowest BCUT2D eigenvalue weighted by molar-refractivity contribution is 0.0502. The maximum absolute atomic E-state index is 5.69. The summed E-state index contributed by atoms with van der Waals surface area (Å²) in [4.78, 5) is 0. The summed E-state index contributed by atoms with van der Waals surface area (Å²) in [7, 11) is 0. The highest BCUT2D eigenvalue weighted by atomic mass is 16.5. The first kappa shape index (κ1) is 13.9. The minimum atomic E-state index is 0.297. The first-order valence-corrected chi connectivity index (χ1v) is 6.16. The zero-order valence-electron chi connectivity index (χ0n) is 9.93. The minimum Gasteiger partial charge on any atom is -0.377 e. The molecule has 0 fully saturated rings. The van der Waals surface area contributed by atoms with Gasteiger partial charge in [-0.25, -0.2) is 0 Å². The molecule has 0 aromatic heterocycles. The van der Waals surface area contributed by atoms with Crippen LogP contribution < -0.4 is 5.73 Å². The van der Waals surface area contributed by atoms with E-state index in [0.29, 0.717) is 12.6 Å². The normalized spacial score (nSPS) is 13.1. The average Bonchev–Trinajstić information content (AvgIpc) is 2.21. The van der Waals surface area contributed by atoms with Crippen molar-refractivity contribution in [3.05, 3.63) is 0 Å². The Bertz CT molecular complexity index is 106. The van der Waals surface area contributed by atoms with Crippen molar-refractivity contribution in [1.82, 2.24) is 0 Å². The zero-order chi connectivity index (χ0) is 10.6. The van der Waals surface area contributed by atoms with E-state index < -0.39 is 0 Å². The Kier molecular flexibility index (Phi) is 10.9. The molecule has 0 aromatic carbocycles. The molecule has 0 rings (SSSR count). The number of hydrogen-bond donors (Lipinski definition) is 1. The summed E-state index contributed by atoms with van der Waals surface area (Å²) < 4.78 is 5.69. The summed E-state index contributed by atoms with van der Waals surface area (Å²) in [6.07, 6.45) is 9.07. The summed E-state index contributed by atoms with van der Waals surface area (Å²) >= 11 is 0. The van der Waals surface area contributed by atoms with Crippen LogP contribution in [0.25, 0.3) is 0 Å². The van der Waals surface area contributed by atoms with Gasteiger partial charge in [-0.15, -0.1) is 0 Å². The maximum Gasteiger partial charge on any atom is 0.0697 e. The Balaban J connectivity index is 3.15. The molecular weight excluding hydrogens is 174 g/mol. The standard InChI is InChI=1S/C12H27NO/c1-3-5-6-7-8-10-14-12(11-13)9-4-2/h12H,3-11,13H2,1-2H3. The smallest absolute Gasteiger partial charge is 0.0697 e. The largest absolute Gasteiger partial charge is 0.377 e. The third-order valence-corrected chi connectivity index (χ3v) is 2.47. The van der Waals surface area contributed by atoms with Crippen LogP contribution >= 0.6 is 0 Å². The van der Waals surface area contributed by atoms with Gasteiger partial charge in [-0.3, -0.25) is 0 Å². The molecule has 2 nitrogen and oxygen atoms in total. The molecule has 0 radical (unpaired) electrons. The van der Waals surface area contributed by atoms with Gasteiger partial charge in [-0.2, -0.15) is 0 Å². The van der Waals surface area contributed by atoms with Gasteiger partial charge in [0.2, 0.25) is 0 Å². The van der Waals surface area contributed by atoms with E-state index in [1.807, 2.05) is 0 Å². The Morgan fingerprint density at radius 1 is 1.00 bits per heavy atom. The lowest BCUT2D eigenvalue weighted by Crippen LogP contribution is -2.23. The van der Waals surface area contributed by atoms with Gasteiger partial charge in [-0.05, 0) is 12.8 Å². The molecule has 1 atom stereocenters. The average molecular weight is 201 g/mol. The molecule has 0 saturated carbocycles. The lowest BCUT2D eigenvalue weighted by atomic mass is 10.1. The van der Waals surface area contributed by atoms with E-state index in [1.54, 1.807) is 0 Å². The first-order valence-electron chi connectivity index (χ1n) is 6.16. The van der Waals surface area contributed by atoms with E-state index in [0.717, 1.165) is 19.4 Å².